The van der Waals surface area contributed by atoms with Crippen LogP contribution in [0.3, 0.4) is 0 Å². The Hall–Kier alpha value is -3.04. The highest BCUT2D eigenvalue weighted by Crippen LogP contribution is 2.43. The Balaban J connectivity index is 0.000000747. The number of carbonyl (C=O) groups excluding carboxylic acids is 2. The number of benzene rings is 2. The van der Waals surface area contributed by atoms with E-state index in [1.54, 1.807) is 16.7 Å². The van der Waals surface area contributed by atoms with Crippen molar-refractivity contribution >= 4 is 39.4 Å². The summed E-state index contributed by atoms with van der Waals surface area (Å²) in [6.07, 6.45) is 8.24. The van der Waals surface area contributed by atoms with E-state index in [2.05, 4.69) is 24.3 Å². The number of carbonyl (C=O) groups is 2. The molecule has 1 aliphatic carbocycles. The highest BCUT2D eigenvalue weighted by molar-refractivity contribution is 7.81. The van der Waals surface area contributed by atoms with E-state index in [0.29, 0.717) is 30.0 Å². The molecule has 0 spiro atoms. The zero-order chi connectivity index (χ0) is 26.9. The quantitative estimate of drug-likeness (QED) is 0.436. The molecule has 0 radical (unpaired) electrons. The van der Waals surface area contributed by atoms with Crippen molar-refractivity contribution in [3.63, 3.8) is 0 Å². The lowest BCUT2D eigenvalue weighted by molar-refractivity contribution is 0.0816. The zero-order valence-electron chi connectivity index (χ0n) is 21.6. The molecule has 2 aromatic carbocycles. The van der Waals surface area contributed by atoms with Gasteiger partial charge in [-0.1, -0.05) is 39.2 Å². The van der Waals surface area contributed by atoms with E-state index < -0.39 is 16.9 Å². The van der Waals surface area contributed by atoms with Crippen molar-refractivity contribution in [2.45, 2.75) is 64.8 Å². The van der Waals surface area contributed by atoms with Gasteiger partial charge in [0.2, 0.25) is 5.91 Å². The molecule has 0 saturated heterocycles. The van der Waals surface area contributed by atoms with Crippen LogP contribution in [-0.4, -0.2) is 32.9 Å². The lowest BCUT2D eigenvalue weighted by Crippen LogP contribution is -2.31. The third-order valence-corrected chi connectivity index (χ3v) is 7.09. The Labute approximate surface area is 219 Å². The molecule has 198 valence electrons. The first-order valence-electron chi connectivity index (χ1n) is 12.6. The fraction of sp³-hybridized carbons (Fsp3) is 0.429. The highest BCUT2D eigenvalue weighted by atomic mass is 32.2. The first-order valence-corrected chi connectivity index (χ1v) is 14.2. The van der Waals surface area contributed by atoms with Gasteiger partial charge in [-0.3, -0.25) is 19.3 Å². The normalized spacial score (nSPS) is 18.0. The summed E-state index contributed by atoms with van der Waals surface area (Å²) in [6, 6.07) is 10.6. The van der Waals surface area contributed by atoms with Crippen LogP contribution in [0.4, 0.5) is 10.1 Å². The molecule has 2 heterocycles. The Morgan fingerprint density at radius 1 is 1.11 bits per heavy atom. The average Bonchev–Trinajstić information content (AvgIpc) is 3.11. The second-order valence-electron chi connectivity index (χ2n) is 10.8. The van der Waals surface area contributed by atoms with Crippen molar-refractivity contribution in [3.05, 3.63) is 53.5 Å². The molecule has 1 fully saturated rings. The maximum atomic E-state index is 14.2. The zero-order valence-corrected chi connectivity index (χ0v) is 22.4. The van der Waals surface area contributed by atoms with Crippen molar-refractivity contribution in [2.24, 2.45) is 16.3 Å². The molecule has 1 saturated carbocycles. The van der Waals surface area contributed by atoms with Crippen LogP contribution in [0, 0.1) is 11.2 Å². The lowest BCUT2D eigenvalue weighted by Gasteiger charge is -2.30. The van der Waals surface area contributed by atoms with E-state index in [1.165, 1.54) is 37.7 Å². The number of hydrogen-bond acceptors (Lipinski definition) is 4. The van der Waals surface area contributed by atoms with Gasteiger partial charge in [-0.25, -0.2) is 8.60 Å². The Morgan fingerprint density at radius 2 is 1.78 bits per heavy atom. The van der Waals surface area contributed by atoms with Gasteiger partial charge in [0.05, 0.1) is 22.1 Å². The largest absolute Gasteiger partial charge is 0.382 e. The number of rotatable bonds is 4. The molecular formula is C28H35FN4O3S. The summed E-state index contributed by atoms with van der Waals surface area (Å²) >= 11 is 0. The van der Waals surface area contributed by atoms with Gasteiger partial charge in [-0.2, -0.15) is 0 Å². The van der Waals surface area contributed by atoms with Gasteiger partial charge < -0.3 is 11.1 Å². The Kier molecular flexibility index (Phi) is 7.85. The number of hydrogen-bond donors (Lipinski definition) is 3. The topological polar surface area (TPSA) is 120 Å². The summed E-state index contributed by atoms with van der Waals surface area (Å²) in [6.45, 7) is 4.17. The predicted octanol–water partition coefficient (Wildman–Crippen LogP) is 5.14. The summed E-state index contributed by atoms with van der Waals surface area (Å²) < 4.78 is 25.2. The number of fused-ring (bicyclic) bond motifs is 3. The fourth-order valence-electron chi connectivity index (χ4n) is 5.59. The smallest absolute Gasteiger partial charge is 0.250 e. The first-order chi connectivity index (χ1) is 17.5. The summed E-state index contributed by atoms with van der Waals surface area (Å²) in [5.74, 6) is -0.852. The van der Waals surface area contributed by atoms with Crippen LogP contribution in [-0.2, 0) is 17.4 Å². The second kappa shape index (κ2) is 10.8. The van der Waals surface area contributed by atoms with Crippen LogP contribution >= 0.6 is 0 Å². The van der Waals surface area contributed by atoms with E-state index in [0.717, 1.165) is 40.7 Å². The van der Waals surface area contributed by atoms with Crippen molar-refractivity contribution in [1.29, 1.82) is 0 Å². The molecule has 5 N–H and O–H groups in total. The first kappa shape index (κ1) is 27.0. The number of primary amides is 1. The maximum Gasteiger partial charge on any atom is 0.250 e. The molecule has 2 aliphatic rings. The van der Waals surface area contributed by atoms with Gasteiger partial charge >= 0.3 is 0 Å². The summed E-state index contributed by atoms with van der Waals surface area (Å²) in [5, 5.41) is 8.98. The molecule has 7 nitrogen and oxygen atoms in total. The maximum absolute atomic E-state index is 14.2. The number of halogens is 1. The molecule has 1 atom stereocenters. The molecule has 37 heavy (non-hydrogen) atoms. The SMILES string of the molecule is CC1(C)CC(=O)n2c(c(-c3ccc(C(N)=O)c(NC4CCCCC4)c3)c3ccc(F)cc32)C1.CS(N)=O. The van der Waals surface area contributed by atoms with Crippen LogP contribution in [0.25, 0.3) is 22.0 Å². The third-order valence-electron chi connectivity index (χ3n) is 7.09. The molecule has 3 aromatic rings. The fourth-order valence-corrected chi connectivity index (χ4v) is 5.59. The van der Waals surface area contributed by atoms with Gasteiger partial charge in [-0.05, 0) is 60.6 Å². The Morgan fingerprint density at radius 3 is 2.43 bits per heavy atom. The highest BCUT2D eigenvalue weighted by Gasteiger charge is 2.35. The summed E-state index contributed by atoms with van der Waals surface area (Å²) in [5.41, 5.74) is 10.0. The van der Waals surface area contributed by atoms with Gasteiger partial charge in [-0.15, -0.1) is 0 Å². The monoisotopic (exact) mass is 526 g/mol. The molecule has 5 rings (SSSR count). The average molecular weight is 527 g/mol. The van der Waals surface area contributed by atoms with Crippen molar-refractivity contribution in [3.8, 4) is 11.1 Å². The number of nitrogens with two attached hydrogens (primary N) is 2. The van der Waals surface area contributed by atoms with E-state index in [1.807, 2.05) is 12.1 Å². The Bertz CT molecular complexity index is 1370. The van der Waals surface area contributed by atoms with Crippen molar-refractivity contribution < 1.29 is 18.2 Å². The molecular weight excluding hydrogens is 491 g/mol. The minimum Gasteiger partial charge on any atom is -0.382 e. The third kappa shape index (κ3) is 5.93. The van der Waals surface area contributed by atoms with E-state index in [-0.39, 0.29) is 17.1 Å². The number of aromatic nitrogens is 1. The molecule has 1 aliphatic heterocycles. The van der Waals surface area contributed by atoms with E-state index in [9.17, 15) is 18.2 Å². The van der Waals surface area contributed by atoms with Gasteiger partial charge in [0, 0.05) is 41.0 Å². The van der Waals surface area contributed by atoms with Gasteiger partial charge in [0.15, 0.2) is 0 Å². The van der Waals surface area contributed by atoms with E-state index in [4.69, 9.17) is 5.73 Å². The summed E-state index contributed by atoms with van der Waals surface area (Å²) in [7, 11) is -1.11. The minimum atomic E-state index is -1.11. The van der Waals surface area contributed by atoms with Crippen molar-refractivity contribution in [2.75, 3.05) is 11.6 Å². The minimum absolute atomic E-state index is 0.0163. The number of nitrogens with zero attached hydrogens (tertiary/aromatic N) is 1. The van der Waals surface area contributed by atoms with Gasteiger partial charge in [0.1, 0.15) is 5.82 Å². The number of nitrogens with one attached hydrogen (secondary N) is 1. The second-order valence-corrected chi connectivity index (χ2v) is 11.8. The summed E-state index contributed by atoms with van der Waals surface area (Å²) in [4.78, 5) is 25.3. The standard InChI is InChI=1S/C27H30FN3O2.CH5NOS/c1-27(2)14-23-25(20-11-9-17(28)13-22(20)31(23)24(32)15-27)16-8-10-19(26(29)33)21(12-16)30-18-6-4-3-5-7-18;1-4(2)3/h8-13,18,30H,3-7,14-15H2,1-2H3,(H2,29,33);2H2,1H3. The van der Waals surface area contributed by atoms with Crippen LogP contribution in [0.2, 0.25) is 0 Å². The molecule has 0 bridgehead atoms. The van der Waals surface area contributed by atoms with Crippen LogP contribution in [0.5, 0.6) is 0 Å². The van der Waals surface area contributed by atoms with Crippen LogP contribution in [0.1, 0.15) is 73.2 Å². The number of anilines is 1. The van der Waals surface area contributed by atoms with E-state index >= 15 is 0 Å². The van der Waals surface area contributed by atoms with Gasteiger partial charge in [0.25, 0.3) is 5.91 Å². The van der Waals surface area contributed by atoms with Crippen molar-refractivity contribution in [1.82, 2.24) is 4.57 Å². The molecule has 1 aromatic heterocycles. The molecule has 1 amide bonds. The van der Waals surface area contributed by atoms with Crippen LogP contribution < -0.4 is 16.2 Å². The lowest BCUT2D eigenvalue weighted by atomic mass is 9.80. The number of amides is 1. The predicted molar refractivity (Wildman–Crippen MR) is 147 cm³/mol. The molecule has 9 heteroatoms. The van der Waals surface area contributed by atoms with Crippen LogP contribution in [0.15, 0.2) is 36.4 Å². The molecule has 1 unspecified atom stereocenters.